The number of hydrogen-bond donors (Lipinski definition) is 0. The predicted molar refractivity (Wildman–Crippen MR) is 71.8 cm³/mol. The Morgan fingerprint density at radius 1 is 1.11 bits per heavy atom. The number of halogens is 3. The minimum Gasteiger partial charge on any atom is -0.294 e. The molecule has 0 aromatic heterocycles. The zero-order valence-corrected chi connectivity index (χ0v) is 12.0. The molecule has 0 aliphatic rings. The molecule has 1 rings (SSSR count). The molecule has 1 aromatic carbocycles. The Morgan fingerprint density at radius 3 is 2.44 bits per heavy atom. The van der Waals surface area contributed by atoms with Gasteiger partial charge in [-0.25, -0.2) is 8.78 Å². The van der Waals surface area contributed by atoms with Gasteiger partial charge in [0, 0.05) is 6.42 Å². The van der Waals surface area contributed by atoms with Crippen molar-refractivity contribution in [2.45, 2.75) is 45.4 Å². The zero-order chi connectivity index (χ0) is 13.5. The van der Waals surface area contributed by atoms with E-state index >= 15 is 0 Å². The molecule has 0 saturated carbocycles. The number of carbonyl (C=O) groups excluding carboxylic acids is 1. The van der Waals surface area contributed by atoms with Gasteiger partial charge in [0.2, 0.25) is 0 Å². The van der Waals surface area contributed by atoms with E-state index in [0.717, 1.165) is 44.2 Å². The molecule has 0 N–H and O–H groups in total. The minimum atomic E-state index is -0.665. The molecule has 1 aromatic rings. The fraction of sp³-hybridized carbons (Fsp3) is 0.500. The lowest BCUT2D eigenvalue weighted by molar-refractivity contribution is 0.0974. The molecule has 0 heterocycles. The molecule has 0 amide bonds. The van der Waals surface area contributed by atoms with E-state index in [1.54, 1.807) is 0 Å². The summed E-state index contributed by atoms with van der Waals surface area (Å²) in [5.41, 5.74) is -0.147. The van der Waals surface area contributed by atoms with Crippen LogP contribution in [-0.2, 0) is 0 Å². The van der Waals surface area contributed by atoms with Crippen LogP contribution in [0.4, 0.5) is 8.78 Å². The van der Waals surface area contributed by atoms with Crippen molar-refractivity contribution in [1.29, 1.82) is 0 Å². The van der Waals surface area contributed by atoms with Gasteiger partial charge in [-0.05, 0) is 34.5 Å². The smallest absolute Gasteiger partial charge is 0.165 e. The first-order valence-corrected chi connectivity index (χ1v) is 7.03. The highest BCUT2D eigenvalue weighted by Crippen LogP contribution is 2.21. The highest BCUT2D eigenvalue weighted by molar-refractivity contribution is 9.10. The molecule has 0 radical (unpaired) electrons. The summed E-state index contributed by atoms with van der Waals surface area (Å²) >= 11 is 2.88. The van der Waals surface area contributed by atoms with E-state index in [1.165, 1.54) is 0 Å². The van der Waals surface area contributed by atoms with Crippen LogP contribution in [0.2, 0.25) is 0 Å². The Morgan fingerprint density at radius 2 is 1.78 bits per heavy atom. The third kappa shape index (κ3) is 4.48. The number of rotatable bonds is 7. The Labute approximate surface area is 115 Å². The van der Waals surface area contributed by atoms with Crippen molar-refractivity contribution in [2.75, 3.05) is 0 Å². The van der Waals surface area contributed by atoms with Crippen molar-refractivity contribution in [1.82, 2.24) is 0 Å². The maximum atomic E-state index is 13.5. The third-order valence-corrected chi connectivity index (χ3v) is 3.43. The molecule has 4 heteroatoms. The zero-order valence-electron chi connectivity index (χ0n) is 10.4. The highest BCUT2D eigenvalue weighted by Gasteiger charge is 2.14. The maximum absolute atomic E-state index is 13.5. The summed E-state index contributed by atoms with van der Waals surface area (Å²) in [7, 11) is 0. The number of benzene rings is 1. The van der Waals surface area contributed by atoms with Crippen molar-refractivity contribution in [3.63, 3.8) is 0 Å². The lowest BCUT2D eigenvalue weighted by atomic mass is 10.0. The Kier molecular flexibility index (Phi) is 6.47. The highest BCUT2D eigenvalue weighted by atomic mass is 79.9. The van der Waals surface area contributed by atoms with Gasteiger partial charge in [0.25, 0.3) is 0 Å². The minimum absolute atomic E-state index is 0.0412. The van der Waals surface area contributed by atoms with Gasteiger partial charge in [0.05, 0.1) is 10.0 Å². The standard InChI is InChI=1S/C14H17BrF2O/c1-2-3-4-5-6-7-14(18)10-8-13(17)11(15)9-12(10)16/h8-9H,2-7H2,1H3. The second kappa shape index (κ2) is 7.62. The van der Waals surface area contributed by atoms with Crippen molar-refractivity contribution >= 4 is 21.7 Å². The van der Waals surface area contributed by atoms with Crippen LogP contribution in [0.5, 0.6) is 0 Å². The van der Waals surface area contributed by atoms with E-state index in [-0.39, 0.29) is 22.2 Å². The molecule has 0 saturated heterocycles. The normalized spacial score (nSPS) is 10.7. The fourth-order valence-electron chi connectivity index (χ4n) is 1.76. The Bertz CT molecular complexity index is 419. The Hall–Kier alpha value is -0.770. The Balaban J connectivity index is 2.54. The molecule has 0 atom stereocenters. The van der Waals surface area contributed by atoms with Gasteiger partial charge in [-0.3, -0.25) is 4.79 Å². The van der Waals surface area contributed by atoms with E-state index in [9.17, 15) is 13.6 Å². The van der Waals surface area contributed by atoms with Crippen LogP contribution in [0, 0.1) is 11.6 Å². The van der Waals surface area contributed by atoms with Crippen LogP contribution in [0.15, 0.2) is 16.6 Å². The predicted octanol–water partition coefficient (Wildman–Crippen LogP) is 5.27. The van der Waals surface area contributed by atoms with E-state index in [2.05, 4.69) is 22.9 Å². The van der Waals surface area contributed by atoms with Crippen molar-refractivity contribution in [3.05, 3.63) is 33.8 Å². The van der Waals surface area contributed by atoms with Gasteiger partial charge < -0.3 is 0 Å². The largest absolute Gasteiger partial charge is 0.294 e. The molecule has 0 spiro atoms. The molecule has 0 bridgehead atoms. The summed E-state index contributed by atoms with van der Waals surface area (Å²) in [6.07, 6.45) is 5.34. The van der Waals surface area contributed by atoms with Gasteiger partial charge in [-0.1, -0.05) is 32.6 Å². The number of carbonyl (C=O) groups is 1. The molecule has 18 heavy (non-hydrogen) atoms. The lowest BCUT2D eigenvalue weighted by Crippen LogP contribution is -2.03. The van der Waals surface area contributed by atoms with Crippen molar-refractivity contribution < 1.29 is 13.6 Å². The average Bonchev–Trinajstić information content (AvgIpc) is 2.33. The second-order valence-electron chi connectivity index (χ2n) is 4.33. The number of hydrogen-bond acceptors (Lipinski definition) is 1. The van der Waals surface area contributed by atoms with Crippen molar-refractivity contribution in [3.8, 4) is 0 Å². The van der Waals surface area contributed by atoms with Crippen LogP contribution in [0.3, 0.4) is 0 Å². The SMILES string of the molecule is CCCCCCCC(=O)c1cc(F)c(Br)cc1F. The first-order chi connectivity index (χ1) is 8.56. The summed E-state index contributed by atoms with van der Waals surface area (Å²) in [5.74, 6) is -1.59. The van der Waals surface area contributed by atoms with Gasteiger partial charge in [-0.15, -0.1) is 0 Å². The topological polar surface area (TPSA) is 17.1 Å². The summed E-state index contributed by atoms with van der Waals surface area (Å²) in [6.45, 7) is 2.12. The van der Waals surface area contributed by atoms with Crippen LogP contribution in [-0.4, -0.2) is 5.78 Å². The number of unbranched alkanes of at least 4 members (excludes halogenated alkanes) is 4. The monoisotopic (exact) mass is 318 g/mol. The van der Waals surface area contributed by atoms with E-state index < -0.39 is 11.6 Å². The maximum Gasteiger partial charge on any atom is 0.165 e. The van der Waals surface area contributed by atoms with Gasteiger partial charge in [0.1, 0.15) is 11.6 Å². The van der Waals surface area contributed by atoms with Crippen molar-refractivity contribution in [2.24, 2.45) is 0 Å². The summed E-state index contributed by atoms with van der Waals surface area (Å²) in [5, 5.41) is 0. The first-order valence-electron chi connectivity index (χ1n) is 6.24. The van der Waals surface area contributed by atoms with E-state index in [4.69, 9.17) is 0 Å². The summed E-state index contributed by atoms with van der Waals surface area (Å²) in [6, 6.07) is 1.97. The quantitative estimate of drug-likeness (QED) is 0.380. The summed E-state index contributed by atoms with van der Waals surface area (Å²) in [4.78, 5) is 11.7. The molecule has 100 valence electrons. The molecular formula is C14H17BrF2O. The number of ketones is 1. The molecule has 0 unspecified atom stereocenters. The van der Waals surface area contributed by atoms with Gasteiger partial charge >= 0.3 is 0 Å². The molecular weight excluding hydrogens is 302 g/mol. The lowest BCUT2D eigenvalue weighted by Gasteiger charge is -2.04. The van der Waals surface area contributed by atoms with Crippen LogP contribution in [0.25, 0.3) is 0 Å². The van der Waals surface area contributed by atoms with Crippen LogP contribution in [0.1, 0.15) is 55.8 Å². The molecule has 0 fully saturated rings. The van der Waals surface area contributed by atoms with E-state index in [1.807, 2.05) is 0 Å². The summed E-state index contributed by atoms with van der Waals surface area (Å²) < 4.78 is 26.8. The van der Waals surface area contributed by atoms with Gasteiger partial charge in [0.15, 0.2) is 5.78 Å². The van der Waals surface area contributed by atoms with Crippen LogP contribution < -0.4 is 0 Å². The molecule has 0 aliphatic heterocycles. The second-order valence-corrected chi connectivity index (χ2v) is 5.19. The molecule has 1 nitrogen and oxygen atoms in total. The van der Waals surface area contributed by atoms with E-state index in [0.29, 0.717) is 0 Å². The average molecular weight is 319 g/mol. The first kappa shape index (κ1) is 15.3. The molecule has 0 aliphatic carbocycles. The number of Topliss-reactive ketones (excluding diaryl/α,β-unsaturated/α-hetero) is 1. The van der Waals surface area contributed by atoms with Crippen LogP contribution >= 0.6 is 15.9 Å². The van der Waals surface area contributed by atoms with Gasteiger partial charge in [-0.2, -0.15) is 0 Å². The fourth-order valence-corrected chi connectivity index (χ4v) is 2.08. The third-order valence-electron chi connectivity index (χ3n) is 2.82.